The second kappa shape index (κ2) is 13.3. The summed E-state index contributed by atoms with van der Waals surface area (Å²) in [7, 11) is 0. The molecule has 0 atom stereocenters. The number of carboxylic acid groups (broad SMARTS) is 1. The Kier molecular flexibility index (Phi) is 12.7. The molecule has 0 aromatic rings. The van der Waals surface area contributed by atoms with Crippen molar-refractivity contribution in [2.75, 3.05) is 0 Å². The van der Waals surface area contributed by atoms with Crippen molar-refractivity contribution in [1.82, 2.24) is 0 Å². The first kappa shape index (κ1) is 16.2. The van der Waals surface area contributed by atoms with Crippen LogP contribution in [0.3, 0.4) is 0 Å². The molecule has 0 aliphatic rings. The Hall–Kier alpha value is -0.790. The molecule has 0 rings (SSSR count). The minimum atomic E-state index is -0.836. The summed E-state index contributed by atoms with van der Waals surface area (Å²) in [5.74, 6) is -0.836. The van der Waals surface area contributed by atoms with E-state index in [1.165, 1.54) is 63.9 Å². The van der Waals surface area contributed by atoms with E-state index in [1.54, 1.807) is 6.08 Å². The van der Waals surface area contributed by atoms with Gasteiger partial charge < -0.3 is 5.11 Å². The van der Waals surface area contributed by atoms with Gasteiger partial charge in [-0.1, -0.05) is 70.8 Å². The highest BCUT2D eigenvalue weighted by molar-refractivity contribution is 5.79. The van der Waals surface area contributed by atoms with Crippen LogP contribution < -0.4 is 0 Å². The summed E-state index contributed by atoms with van der Waals surface area (Å²) in [5, 5.41) is 8.39. The standard InChI is InChI=1S/C15H28O2/c1-2-3-4-5-6-7-8-9-10-11-12-13-14-15(16)17/h13-14H,2-12H2,1H3,(H,16,17). The van der Waals surface area contributed by atoms with E-state index in [-0.39, 0.29) is 0 Å². The lowest BCUT2D eigenvalue weighted by atomic mass is 10.1. The Morgan fingerprint density at radius 3 is 1.82 bits per heavy atom. The van der Waals surface area contributed by atoms with Crippen molar-refractivity contribution in [3.8, 4) is 0 Å². The zero-order valence-electron chi connectivity index (χ0n) is 11.3. The molecule has 0 aliphatic carbocycles. The number of aliphatic carboxylic acids is 1. The second-order valence-corrected chi connectivity index (χ2v) is 4.71. The minimum Gasteiger partial charge on any atom is -0.478 e. The summed E-state index contributed by atoms with van der Waals surface area (Å²) in [6.45, 7) is 2.25. The first-order valence-corrected chi connectivity index (χ1v) is 7.17. The van der Waals surface area contributed by atoms with Crippen LogP contribution in [0.1, 0.15) is 77.6 Å². The highest BCUT2D eigenvalue weighted by Crippen LogP contribution is 2.11. The SMILES string of the molecule is CCCCCCCCCCCCC=CC(=O)O. The molecule has 0 fully saturated rings. The molecule has 0 radical (unpaired) electrons. The fourth-order valence-electron chi connectivity index (χ4n) is 1.93. The van der Waals surface area contributed by atoms with Crippen molar-refractivity contribution in [3.05, 3.63) is 12.2 Å². The zero-order chi connectivity index (χ0) is 12.8. The highest BCUT2D eigenvalue weighted by Gasteiger charge is 1.92. The molecule has 0 saturated heterocycles. The maximum absolute atomic E-state index is 10.2. The third-order valence-corrected chi connectivity index (χ3v) is 2.98. The number of allylic oxidation sites excluding steroid dienone is 1. The number of rotatable bonds is 12. The molecule has 0 unspecified atom stereocenters. The fraction of sp³-hybridized carbons (Fsp3) is 0.800. The fourth-order valence-corrected chi connectivity index (χ4v) is 1.93. The van der Waals surface area contributed by atoms with Gasteiger partial charge in [0.05, 0.1) is 0 Å². The third kappa shape index (κ3) is 15.2. The van der Waals surface area contributed by atoms with Crippen LogP contribution in [0.25, 0.3) is 0 Å². The van der Waals surface area contributed by atoms with E-state index in [9.17, 15) is 4.79 Å². The number of carbonyl (C=O) groups is 1. The van der Waals surface area contributed by atoms with Gasteiger partial charge in [-0.3, -0.25) is 0 Å². The van der Waals surface area contributed by atoms with Gasteiger partial charge in [0, 0.05) is 6.08 Å². The largest absolute Gasteiger partial charge is 0.478 e. The van der Waals surface area contributed by atoms with Crippen molar-refractivity contribution in [1.29, 1.82) is 0 Å². The summed E-state index contributed by atoms with van der Waals surface area (Å²) < 4.78 is 0. The Morgan fingerprint density at radius 2 is 1.35 bits per heavy atom. The van der Waals surface area contributed by atoms with Gasteiger partial charge in [-0.15, -0.1) is 0 Å². The molecule has 0 heterocycles. The number of hydrogen-bond donors (Lipinski definition) is 1. The van der Waals surface area contributed by atoms with Gasteiger partial charge in [-0.25, -0.2) is 4.79 Å². The van der Waals surface area contributed by atoms with Crippen LogP contribution in [0.5, 0.6) is 0 Å². The van der Waals surface area contributed by atoms with Crippen molar-refractivity contribution in [3.63, 3.8) is 0 Å². The van der Waals surface area contributed by atoms with E-state index in [0.717, 1.165) is 12.8 Å². The van der Waals surface area contributed by atoms with Crippen LogP contribution >= 0.6 is 0 Å². The van der Waals surface area contributed by atoms with E-state index in [0.29, 0.717) is 0 Å². The van der Waals surface area contributed by atoms with Crippen LogP contribution in [0.15, 0.2) is 12.2 Å². The van der Waals surface area contributed by atoms with E-state index >= 15 is 0 Å². The van der Waals surface area contributed by atoms with Gasteiger partial charge in [0.15, 0.2) is 0 Å². The topological polar surface area (TPSA) is 37.3 Å². The Bertz CT molecular complexity index is 197. The van der Waals surface area contributed by atoms with Gasteiger partial charge in [-0.05, 0) is 12.8 Å². The molecule has 17 heavy (non-hydrogen) atoms. The highest BCUT2D eigenvalue weighted by atomic mass is 16.4. The van der Waals surface area contributed by atoms with Gasteiger partial charge >= 0.3 is 5.97 Å². The summed E-state index contributed by atoms with van der Waals surface area (Å²) in [5.41, 5.74) is 0. The Balaban J connectivity index is 3.01. The molecular weight excluding hydrogens is 212 g/mol. The second-order valence-electron chi connectivity index (χ2n) is 4.71. The smallest absolute Gasteiger partial charge is 0.327 e. The predicted molar refractivity (Wildman–Crippen MR) is 73.2 cm³/mol. The number of unbranched alkanes of at least 4 members (excludes halogenated alkanes) is 10. The van der Waals surface area contributed by atoms with Gasteiger partial charge in [-0.2, -0.15) is 0 Å². The summed E-state index contributed by atoms with van der Waals surface area (Å²) >= 11 is 0. The Labute approximate surface area is 106 Å². The van der Waals surface area contributed by atoms with Crippen LogP contribution in [-0.4, -0.2) is 11.1 Å². The van der Waals surface area contributed by atoms with Crippen LogP contribution in [0, 0.1) is 0 Å². The maximum atomic E-state index is 10.2. The quantitative estimate of drug-likeness (QED) is 0.387. The molecule has 0 saturated carbocycles. The molecule has 0 aromatic carbocycles. The van der Waals surface area contributed by atoms with Crippen LogP contribution in [0.2, 0.25) is 0 Å². The molecule has 1 N–H and O–H groups in total. The van der Waals surface area contributed by atoms with Gasteiger partial charge in [0.2, 0.25) is 0 Å². The van der Waals surface area contributed by atoms with Gasteiger partial charge in [0.1, 0.15) is 0 Å². The van der Waals surface area contributed by atoms with Crippen molar-refractivity contribution >= 4 is 5.97 Å². The van der Waals surface area contributed by atoms with E-state index in [1.807, 2.05) is 0 Å². The monoisotopic (exact) mass is 240 g/mol. The maximum Gasteiger partial charge on any atom is 0.327 e. The average Bonchev–Trinajstić information content (AvgIpc) is 2.30. The van der Waals surface area contributed by atoms with Crippen molar-refractivity contribution in [2.45, 2.75) is 77.6 Å². The van der Waals surface area contributed by atoms with E-state index < -0.39 is 5.97 Å². The van der Waals surface area contributed by atoms with Crippen molar-refractivity contribution in [2.24, 2.45) is 0 Å². The first-order valence-electron chi connectivity index (χ1n) is 7.17. The van der Waals surface area contributed by atoms with Crippen LogP contribution in [-0.2, 0) is 4.79 Å². The third-order valence-electron chi connectivity index (χ3n) is 2.98. The number of hydrogen-bond acceptors (Lipinski definition) is 1. The van der Waals surface area contributed by atoms with Crippen molar-refractivity contribution < 1.29 is 9.90 Å². The average molecular weight is 240 g/mol. The summed E-state index contributed by atoms with van der Waals surface area (Å²) in [6, 6.07) is 0. The van der Waals surface area contributed by atoms with E-state index in [4.69, 9.17) is 5.11 Å². The molecule has 0 aromatic heterocycles. The minimum absolute atomic E-state index is 0.836. The molecule has 100 valence electrons. The molecule has 2 heteroatoms. The lowest BCUT2D eigenvalue weighted by molar-refractivity contribution is -0.131. The number of carboxylic acids is 1. The lowest BCUT2D eigenvalue weighted by Gasteiger charge is -2.01. The normalized spacial score (nSPS) is 11.1. The summed E-state index contributed by atoms with van der Waals surface area (Å²) in [4.78, 5) is 10.2. The van der Waals surface area contributed by atoms with Crippen LogP contribution in [0.4, 0.5) is 0 Å². The van der Waals surface area contributed by atoms with E-state index in [2.05, 4.69) is 6.92 Å². The first-order chi connectivity index (χ1) is 8.27. The molecule has 0 amide bonds. The molecule has 0 aliphatic heterocycles. The Morgan fingerprint density at radius 1 is 0.882 bits per heavy atom. The molecular formula is C15H28O2. The lowest BCUT2D eigenvalue weighted by Crippen LogP contribution is -1.85. The summed E-state index contributed by atoms with van der Waals surface area (Å²) in [6.07, 6.45) is 17.2. The van der Waals surface area contributed by atoms with Gasteiger partial charge in [0.25, 0.3) is 0 Å². The predicted octanol–water partition coefficient (Wildman–Crippen LogP) is 4.94. The molecule has 0 bridgehead atoms. The molecule has 2 nitrogen and oxygen atoms in total. The molecule has 0 spiro atoms. The zero-order valence-corrected chi connectivity index (χ0v) is 11.3.